The molecule has 0 unspecified atom stereocenters. The first kappa shape index (κ1) is 59.9. The standard InChI is InChI=1S/C44H79N13O11/c1-12-25(6)35(40(65)50-29(17-15-19-48-44(45)46)42(67)57-20-16-18-30(57)38(63)47-14-3)52-33(62)23-56(11)43(68)37(27(8)58)54-41(66)36(26(7)13-2)53-39(64)34(24(4)5)51-31(60)21-49-32(61)22-55(10)28(9)59/h24-27,29-30,34-37,58H,12-23H2,1-11H3,(H,47,63)(H,49,61)(H,50,65)(H,51,60)(H,52,62)(H,53,64)(H,54,66)(H4,45,46,48)/t25-,26-,27+,29-,30-,34-,35-,36+,37-/m0/s1. The van der Waals surface area contributed by atoms with Crippen molar-refractivity contribution in [1.82, 2.24) is 51.9 Å². The molecule has 1 saturated heterocycles. The molecule has 0 saturated carbocycles. The van der Waals surface area contributed by atoms with Crippen LogP contribution in [-0.2, 0) is 47.9 Å². The van der Waals surface area contributed by atoms with Crippen LogP contribution in [0.3, 0.4) is 0 Å². The number of likely N-dealkylation sites (tertiary alicyclic amines) is 1. The van der Waals surface area contributed by atoms with Crippen LogP contribution in [-0.4, -0.2) is 181 Å². The van der Waals surface area contributed by atoms with E-state index < -0.39 is 120 Å². The van der Waals surface area contributed by atoms with Gasteiger partial charge in [0.2, 0.25) is 59.1 Å². The van der Waals surface area contributed by atoms with Gasteiger partial charge >= 0.3 is 0 Å². The molecule has 1 rings (SSSR count). The second kappa shape index (κ2) is 29.6. The summed E-state index contributed by atoms with van der Waals surface area (Å²) in [5.74, 6) is -7.89. The first-order chi connectivity index (χ1) is 31.8. The van der Waals surface area contributed by atoms with Crippen LogP contribution in [0.5, 0.6) is 0 Å². The van der Waals surface area contributed by atoms with Crippen LogP contribution in [0.25, 0.3) is 0 Å². The highest BCUT2D eigenvalue weighted by atomic mass is 16.3. The lowest BCUT2D eigenvalue weighted by Gasteiger charge is -2.32. The average Bonchev–Trinajstić information content (AvgIpc) is 3.77. The zero-order chi connectivity index (χ0) is 52.0. The Balaban J connectivity index is 3.19. The minimum atomic E-state index is -1.59. The molecule has 1 heterocycles. The average molecular weight is 966 g/mol. The van der Waals surface area contributed by atoms with Crippen molar-refractivity contribution in [2.75, 3.05) is 53.4 Å². The van der Waals surface area contributed by atoms with Gasteiger partial charge in [0.1, 0.15) is 36.3 Å². The van der Waals surface area contributed by atoms with E-state index in [1.54, 1.807) is 48.5 Å². The number of aliphatic imine (C=N–C) groups is 1. The van der Waals surface area contributed by atoms with Gasteiger partial charge < -0.3 is 68.5 Å². The van der Waals surface area contributed by atoms with Gasteiger partial charge in [-0.05, 0) is 57.3 Å². The topological polar surface area (TPSA) is 349 Å². The van der Waals surface area contributed by atoms with Crippen molar-refractivity contribution >= 4 is 65.0 Å². The van der Waals surface area contributed by atoms with Gasteiger partial charge in [-0.15, -0.1) is 0 Å². The predicted molar refractivity (Wildman–Crippen MR) is 252 cm³/mol. The van der Waals surface area contributed by atoms with Crippen molar-refractivity contribution in [3.63, 3.8) is 0 Å². The van der Waals surface area contributed by atoms with Crippen molar-refractivity contribution in [3.05, 3.63) is 0 Å². The van der Waals surface area contributed by atoms with Crippen LogP contribution in [0.4, 0.5) is 0 Å². The molecule has 68 heavy (non-hydrogen) atoms. The van der Waals surface area contributed by atoms with Crippen LogP contribution in [0.2, 0.25) is 0 Å². The Hall–Kier alpha value is -6.07. The summed E-state index contributed by atoms with van der Waals surface area (Å²) in [4.78, 5) is 140. The number of carbonyl (C=O) groups is 10. The first-order valence-electron chi connectivity index (χ1n) is 23.4. The molecule has 1 aliphatic heterocycles. The summed E-state index contributed by atoms with van der Waals surface area (Å²) in [6.07, 6.45) is 0.784. The summed E-state index contributed by atoms with van der Waals surface area (Å²) in [5, 5.41) is 29.0. The molecular formula is C44H79N13O11. The molecule has 10 amide bonds. The highest BCUT2D eigenvalue weighted by molar-refractivity contribution is 5.97. The molecule has 0 radical (unpaired) electrons. The number of hydrogen-bond donors (Lipinski definition) is 10. The van der Waals surface area contributed by atoms with E-state index in [0.717, 1.165) is 9.80 Å². The van der Waals surface area contributed by atoms with Gasteiger partial charge in [-0.25, -0.2) is 0 Å². The van der Waals surface area contributed by atoms with E-state index >= 15 is 0 Å². The Bertz CT molecular complexity index is 1790. The summed E-state index contributed by atoms with van der Waals surface area (Å²) in [5.41, 5.74) is 10.9. The first-order valence-corrected chi connectivity index (χ1v) is 23.4. The summed E-state index contributed by atoms with van der Waals surface area (Å²) in [6.45, 7) is 14.1. The Morgan fingerprint density at radius 3 is 1.76 bits per heavy atom. The zero-order valence-electron chi connectivity index (χ0n) is 41.7. The number of likely N-dealkylation sites (N-methyl/N-ethyl adjacent to an activating group) is 3. The van der Waals surface area contributed by atoms with E-state index in [4.69, 9.17) is 11.5 Å². The summed E-state index contributed by atoms with van der Waals surface area (Å²) in [6, 6.07) is -6.99. The van der Waals surface area contributed by atoms with Gasteiger partial charge in [-0.2, -0.15) is 0 Å². The number of rotatable bonds is 28. The number of amides is 10. The number of carbonyl (C=O) groups excluding carboxylic acids is 10. The molecule has 0 aromatic carbocycles. The third-order valence-corrected chi connectivity index (χ3v) is 11.8. The molecule has 0 spiro atoms. The maximum absolute atomic E-state index is 14.0. The zero-order valence-corrected chi connectivity index (χ0v) is 41.7. The highest BCUT2D eigenvalue weighted by Gasteiger charge is 2.40. The van der Waals surface area contributed by atoms with Crippen LogP contribution in [0.15, 0.2) is 4.99 Å². The van der Waals surface area contributed by atoms with Crippen molar-refractivity contribution in [3.8, 4) is 0 Å². The fourth-order valence-corrected chi connectivity index (χ4v) is 7.17. The lowest BCUT2D eigenvalue weighted by Crippen LogP contribution is -2.61. The van der Waals surface area contributed by atoms with Crippen molar-refractivity contribution in [2.45, 2.75) is 143 Å². The highest BCUT2D eigenvalue weighted by Crippen LogP contribution is 2.20. The minimum absolute atomic E-state index is 0.116. The van der Waals surface area contributed by atoms with E-state index in [0.29, 0.717) is 45.2 Å². The van der Waals surface area contributed by atoms with Crippen molar-refractivity contribution in [1.29, 1.82) is 0 Å². The van der Waals surface area contributed by atoms with E-state index in [2.05, 4.69) is 42.2 Å². The van der Waals surface area contributed by atoms with Gasteiger partial charge in [0, 0.05) is 40.7 Å². The molecule has 1 fully saturated rings. The Kier molecular flexibility index (Phi) is 26.1. The quantitative estimate of drug-likeness (QED) is 0.0210. The molecule has 0 aromatic rings. The lowest BCUT2D eigenvalue weighted by molar-refractivity contribution is -0.143. The fourth-order valence-electron chi connectivity index (χ4n) is 7.17. The van der Waals surface area contributed by atoms with Gasteiger partial charge in [0.25, 0.3) is 0 Å². The number of nitrogens with two attached hydrogens (primary N) is 2. The molecule has 24 nitrogen and oxygen atoms in total. The number of guanidine groups is 1. The largest absolute Gasteiger partial charge is 0.391 e. The Morgan fingerprint density at radius 2 is 1.24 bits per heavy atom. The van der Waals surface area contributed by atoms with E-state index in [9.17, 15) is 53.1 Å². The summed E-state index contributed by atoms with van der Waals surface area (Å²) in [7, 11) is 2.69. The number of nitrogens with zero attached hydrogens (tertiary/aromatic N) is 4. The van der Waals surface area contributed by atoms with Gasteiger partial charge in [-0.3, -0.25) is 52.9 Å². The van der Waals surface area contributed by atoms with Crippen LogP contribution in [0.1, 0.15) is 101 Å². The molecule has 0 bridgehead atoms. The molecule has 0 aliphatic carbocycles. The second-order valence-electron chi connectivity index (χ2n) is 17.8. The third kappa shape index (κ3) is 19.6. The number of aliphatic hydroxyl groups is 1. The van der Waals surface area contributed by atoms with E-state index in [1.165, 1.54) is 32.8 Å². The second-order valence-corrected chi connectivity index (χ2v) is 17.8. The molecule has 0 aromatic heterocycles. The Labute approximate surface area is 400 Å². The van der Waals surface area contributed by atoms with Crippen molar-refractivity contribution < 1.29 is 53.1 Å². The fraction of sp³-hybridized carbons (Fsp3) is 0.750. The third-order valence-electron chi connectivity index (χ3n) is 11.8. The normalized spacial score (nSPS) is 16.8. The van der Waals surface area contributed by atoms with Crippen LogP contribution in [0, 0.1) is 17.8 Å². The summed E-state index contributed by atoms with van der Waals surface area (Å²) >= 11 is 0. The van der Waals surface area contributed by atoms with Gasteiger partial charge in [-0.1, -0.05) is 54.4 Å². The molecule has 1 aliphatic rings. The Morgan fingerprint density at radius 1 is 0.706 bits per heavy atom. The lowest BCUT2D eigenvalue weighted by atomic mass is 9.96. The van der Waals surface area contributed by atoms with Crippen LogP contribution >= 0.6 is 0 Å². The monoisotopic (exact) mass is 966 g/mol. The maximum Gasteiger partial charge on any atom is 0.248 e. The van der Waals surface area contributed by atoms with Gasteiger partial charge in [0.05, 0.1) is 25.7 Å². The number of hydrogen-bond acceptors (Lipinski definition) is 12. The minimum Gasteiger partial charge on any atom is -0.391 e. The SMILES string of the molecule is CCNC(=O)[C@@H]1CCCN1C(=O)[C@H](CCCN=C(N)N)NC(=O)[C@@H](NC(=O)CN(C)C(=O)[C@@H](NC(=O)[C@H](NC(=O)[C@@H](NC(=O)CNC(=O)CN(C)C(C)=O)C(C)C)[C@@H](C)CC)[C@@H](C)O)[C@@H](C)CC. The van der Waals surface area contributed by atoms with Crippen molar-refractivity contribution in [2.24, 2.45) is 34.2 Å². The van der Waals surface area contributed by atoms with E-state index in [-0.39, 0.29) is 37.3 Å². The van der Waals surface area contributed by atoms with Gasteiger partial charge in [0.15, 0.2) is 5.96 Å². The summed E-state index contributed by atoms with van der Waals surface area (Å²) < 4.78 is 0. The maximum atomic E-state index is 14.0. The number of aliphatic hydroxyl groups excluding tert-OH is 1. The van der Waals surface area contributed by atoms with Crippen LogP contribution < -0.4 is 48.7 Å². The molecule has 12 N–H and O–H groups in total. The van der Waals surface area contributed by atoms with E-state index in [1.807, 2.05) is 0 Å². The molecular weight excluding hydrogens is 887 g/mol. The molecule has 24 heteroatoms. The smallest absolute Gasteiger partial charge is 0.248 e. The molecule has 9 atom stereocenters. The predicted octanol–water partition coefficient (Wildman–Crippen LogP) is -3.23. The number of nitrogens with one attached hydrogen (secondary N) is 7. The molecule has 386 valence electrons.